The Hall–Kier alpha value is -4.18. The number of likely N-dealkylation sites (tertiary alicyclic amines) is 2. The standard InChI is InChI=1S/C26H26N8O11S2.Na/c1-10-14(45-26(41)44-10)8-43-25(40)32-4-3-13(7-32)33-5-2-11(20(33)36)6-12-9-46-22-16(21(37)34(22)17(12)23(38)39)28-19(35)15(30-42)18-29-24(27)47-31-18;/h6,13,16,22,42H,2-5,7-9H2,1H3,(H,28,35)(H,38,39)(H2,27,29,31);/q;+1/p-1/b11-6+,30-15?;/t13-,16-,22-;/m1./s1. The molecule has 0 bridgehead atoms. The number of aryl methyl sites for hydroxylation is 1. The number of carboxylic acid groups (broad SMARTS) is 1. The number of carboxylic acids is 1. The largest absolute Gasteiger partial charge is 1.00 e. The van der Waals surface area contributed by atoms with E-state index in [2.05, 4.69) is 19.8 Å². The molecule has 3 saturated heterocycles. The summed E-state index contributed by atoms with van der Waals surface area (Å²) in [6.45, 7) is 2.09. The quantitative estimate of drug-likeness (QED) is 0.0578. The normalized spacial score (nSPS) is 23.3. The van der Waals surface area contributed by atoms with Crippen molar-refractivity contribution in [3.8, 4) is 0 Å². The first-order valence-corrected chi connectivity index (χ1v) is 15.8. The van der Waals surface area contributed by atoms with Crippen LogP contribution in [0, 0.1) is 6.92 Å². The van der Waals surface area contributed by atoms with Gasteiger partial charge in [-0.15, -0.1) is 11.8 Å². The number of hydrogen-bond donors (Lipinski definition) is 3. The van der Waals surface area contributed by atoms with Gasteiger partial charge in [-0.2, -0.15) is 9.36 Å². The third-order valence-corrected chi connectivity index (χ3v) is 9.82. The van der Waals surface area contributed by atoms with Crippen LogP contribution in [0.15, 0.2) is 41.7 Å². The van der Waals surface area contributed by atoms with Crippen molar-refractivity contribution in [1.29, 1.82) is 0 Å². The smallest absolute Gasteiger partial charge is 0.543 e. The summed E-state index contributed by atoms with van der Waals surface area (Å²) in [5.74, 6) is -4.41. The van der Waals surface area contributed by atoms with E-state index < -0.39 is 52.5 Å². The fourth-order valence-electron chi connectivity index (χ4n) is 5.69. The molecule has 0 aromatic carbocycles. The second-order valence-corrected chi connectivity index (χ2v) is 12.6. The van der Waals surface area contributed by atoms with E-state index >= 15 is 0 Å². The minimum absolute atomic E-state index is 0. The van der Waals surface area contributed by atoms with Gasteiger partial charge in [-0.05, 0) is 31.4 Å². The molecule has 3 atom stereocenters. The second-order valence-electron chi connectivity index (χ2n) is 10.7. The fourth-order valence-corrected chi connectivity index (χ4v) is 7.43. The molecule has 19 nitrogen and oxygen atoms in total. The molecule has 4 N–H and O–H groups in total. The molecule has 4 amide bonds. The van der Waals surface area contributed by atoms with Gasteiger partial charge in [0, 0.05) is 42.5 Å². The maximum Gasteiger partial charge on any atom is 1.00 e. The van der Waals surface area contributed by atoms with Crippen LogP contribution in [0.3, 0.4) is 0 Å². The van der Waals surface area contributed by atoms with E-state index in [-0.39, 0.29) is 88.5 Å². The number of hydrogen-bond acceptors (Lipinski definition) is 17. The monoisotopic (exact) mass is 712 g/mol. The van der Waals surface area contributed by atoms with Crippen molar-refractivity contribution in [2.45, 2.75) is 43.8 Å². The summed E-state index contributed by atoms with van der Waals surface area (Å²) in [4.78, 5) is 83.0. The topological polar surface area (TPSA) is 267 Å². The Bertz CT molecular complexity index is 1830. The number of oxime groups is 1. The molecule has 0 radical (unpaired) electrons. The molecule has 48 heavy (non-hydrogen) atoms. The van der Waals surface area contributed by atoms with Gasteiger partial charge >= 0.3 is 41.5 Å². The van der Waals surface area contributed by atoms with Gasteiger partial charge in [-0.3, -0.25) is 19.3 Å². The number of thioether (sulfide) groups is 1. The van der Waals surface area contributed by atoms with Crippen molar-refractivity contribution in [3.05, 3.63) is 50.9 Å². The zero-order valence-electron chi connectivity index (χ0n) is 25.4. The summed E-state index contributed by atoms with van der Waals surface area (Å²) in [7, 11) is 0. The van der Waals surface area contributed by atoms with Crippen molar-refractivity contribution in [1.82, 2.24) is 29.4 Å². The van der Waals surface area contributed by atoms with Crippen molar-refractivity contribution in [2.24, 2.45) is 5.16 Å². The van der Waals surface area contributed by atoms with Crippen LogP contribution in [0.2, 0.25) is 0 Å². The zero-order chi connectivity index (χ0) is 33.6. The molecule has 6 rings (SSSR count). The predicted molar refractivity (Wildman–Crippen MR) is 156 cm³/mol. The molecule has 6 heterocycles. The van der Waals surface area contributed by atoms with Crippen molar-refractivity contribution < 1.29 is 77.4 Å². The molecular weight excluding hydrogens is 687 g/mol. The number of nitrogens with two attached hydrogens (primary N) is 1. The third kappa shape index (κ3) is 6.59. The molecule has 0 aliphatic carbocycles. The average Bonchev–Trinajstić information content (AvgIpc) is 3.83. The van der Waals surface area contributed by atoms with Gasteiger partial charge in [0.2, 0.25) is 17.4 Å². The number of fused-ring (bicyclic) bond motifs is 1. The number of ether oxygens (including phenoxy) is 1. The Morgan fingerprint density at radius 2 is 2.02 bits per heavy atom. The van der Waals surface area contributed by atoms with Gasteiger partial charge in [0.05, 0.1) is 17.7 Å². The Morgan fingerprint density at radius 1 is 1.25 bits per heavy atom. The van der Waals surface area contributed by atoms with Gasteiger partial charge < -0.3 is 49.5 Å². The van der Waals surface area contributed by atoms with Crippen molar-refractivity contribution in [3.63, 3.8) is 0 Å². The number of allylic oxidation sites excluding steroid dienone is 1. The number of anilines is 1. The SMILES string of the molecule is Cc1oc(=O)oc1COC(=O)N1CC[C@@H](N2CC/C(=C\C3=C(C(=O)[O-])N4C(=O)[C@@H](NC(=O)C(=NO)c5nsc(N)n5)[C@H]4SC3)C2=O)C1.[Na+]. The van der Waals surface area contributed by atoms with Gasteiger partial charge in [-0.1, -0.05) is 5.16 Å². The van der Waals surface area contributed by atoms with Crippen LogP contribution < -0.4 is 51.5 Å². The molecule has 4 aliphatic rings. The Balaban J connectivity index is 0.00000451. The van der Waals surface area contributed by atoms with Crippen molar-refractivity contribution >= 4 is 63.9 Å². The first kappa shape index (κ1) is 35.1. The molecule has 2 aromatic rings. The van der Waals surface area contributed by atoms with Gasteiger partial charge in [-0.25, -0.2) is 9.59 Å². The van der Waals surface area contributed by atoms with Crippen LogP contribution in [0.25, 0.3) is 0 Å². The first-order chi connectivity index (χ1) is 22.5. The maximum absolute atomic E-state index is 13.4. The number of nitrogen functional groups attached to an aromatic ring is 1. The number of carbonyl (C=O) groups is 5. The number of carbonyl (C=O) groups excluding carboxylic acids is 5. The van der Waals surface area contributed by atoms with Crippen LogP contribution in [0.4, 0.5) is 9.93 Å². The summed E-state index contributed by atoms with van der Waals surface area (Å²) >= 11 is 1.94. The zero-order valence-corrected chi connectivity index (χ0v) is 29.0. The van der Waals surface area contributed by atoms with Crippen LogP contribution in [0.5, 0.6) is 0 Å². The van der Waals surface area contributed by atoms with Crippen molar-refractivity contribution in [2.75, 3.05) is 31.1 Å². The molecule has 0 spiro atoms. The molecule has 248 valence electrons. The number of nitrogens with zero attached hydrogens (tertiary/aromatic N) is 6. The molecule has 0 saturated carbocycles. The number of aliphatic carboxylic acids is 1. The number of amides is 4. The molecule has 2 aromatic heterocycles. The summed E-state index contributed by atoms with van der Waals surface area (Å²) in [6, 6.07) is -1.45. The summed E-state index contributed by atoms with van der Waals surface area (Å²) in [5.41, 5.74) is 5.07. The van der Waals surface area contributed by atoms with E-state index in [1.807, 2.05) is 0 Å². The fraction of sp³-hybridized carbons (Fsp3) is 0.423. The van der Waals surface area contributed by atoms with Crippen LogP contribution in [-0.2, 0) is 30.5 Å². The number of β-lactam (4-membered cyclic amide) rings is 1. The van der Waals surface area contributed by atoms with E-state index in [1.165, 1.54) is 29.7 Å². The Morgan fingerprint density at radius 3 is 2.67 bits per heavy atom. The summed E-state index contributed by atoms with van der Waals surface area (Å²) in [6.07, 6.45) is 1.60. The second kappa shape index (κ2) is 14.1. The third-order valence-electron chi connectivity index (χ3n) is 7.98. The average molecular weight is 713 g/mol. The molecular formula is C26H25N8NaO11S2. The molecule has 0 unspecified atom stereocenters. The summed E-state index contributed by atoms with van der Waals surface area (Å²) in [5, 5.41) is 26.1. The molecule has 22 heteroatoms. The van der Waals surface area contributed by atoms with Crippen LogP contribution >= 0.6 is 23.3 Å². The van der Waals surface area contributed by atoms with Crippen LogP contribution in [0.1, 0.15) is 30.2 Å². The Labute approximate surface area is 300 Å². The molecule has 3 fully saturated rings. The van der Waals surface area contributed by atoms with E-state index in [0.717, 1.165) is 16.4 Å². The predicted octanol–water partition coefficient (Wildman–Crippen LogP) is -4.87. The van der Waals surface area contributed by atoms with Crippen LogP contribution in [-0.4, -0.2) is 108 Å². The van der Waals surface area contributed by atoms with E-state index in [9.17, 15) is 39.1 Å². The Kier molecular flexibility index (Phi) is 10.3. The minimum Gasteiger partial charge on any atom is -0.543 e. The molecule has 4 aliphatic heterocycles. The number of aromatic nitrogens is 2. The van der Waals surface area contributed by atoms with E-state index in [1.54, 1.807) is 4.90 Å². The first-order valence-electron chi connectivity index (χ1n) is 14.0. The number of nitrogens with one attached hydrogen (secondary N) is 1. The summed E-state index contributed by atoms with van der Waals surface area (Å²) < 4.78 is 18.6. The maximum atomic E-state index is 13.4. The van der Waals surface area contributed by atoms with E-state index in [0.29, 0.717) is 31.5 Å². The van der Waals surface area contributed by atoms with Gasteiger partial charge in [0.1, 0.15) is 11.4 Å². The van der Waals surface area contributed by atoms with Gasteiger partial charge in [0.25, 0.3) is 11.8 Å². The minimum atomic E-state index is -1.63. The van der Waals surface area contributed by atoms with E-state index in [4.69, 9.17) is 19.3 Å². The van der Waals surface area contributed by atoms with Gasteiger partial charge in [0.15, 0.2) is 23.3 Å². The number of rotatable bonds is 8.